The summed E-state index contributed by atoms with van der Waals surface area (Å²) in [6, 6.07) is 2.52. The van der Waals surface area contributed by atoms with Crippen molar-refractivity contribution in [3.8, 4) is 0 Å². The van der Waals surface area contributed by atoms with Crippen LogP contribution in [0.4, 0.5) is 11.6 Å². The average molecular weight is 276 g/mol. The molecular formula is C14H24N6. The molecule has 1 aliphatic carbocycles. The van der Waals surface area contributed by atoms with E-state index >= 15 is 0 Å². The number of hydrogen-bond donors (Lipinski definition) is 2. The van der Waals surface area contributed by atoms with Crippen LogP contribution in [0.25, 0.3) is 0 Å². The largest absolute Gasteiger partial charge is 0.354 e. The molecule has 1 atom stereocenters. The molecule has 1 aliphatic heterocycles. The maximum absolute atomic E-state index is 5.54. The Hall–Kier alpha value is -1.40. The van der Waals surface area contributed by atoms with Gasteiger partial charge in [0.2, 0.25) is 0 Å². The van der Waals surface area contributed by atoms with Gasteiger partial charge in [-0.1, -0.05) is 6.92 Å². The topological polar surface area (TPSA) is 70.3 Å². The molecule has 3 N–H and O–H groups in total. The van der Waals surface area contributed by atoms with Gasteiger partial charge in [-0.15, -0.1) is 0 Å². The molecular weight excluding hydrogens is 252 g/mol. The molecule has 0 aromatic carbocycles. The Labute approximate surface area is 120 Å². The third kappa shape index (κ3) is 2.71. The summed E-state index contributed by atoms with van der Waals surface area (Å²) in [5.74, 6) is 8.76. The summed E-state index contributed by atoms with van der Waals surface area (Å²) in [5.41, 5.74) is 2.67. The Morgan fingerprint density at radius 1 is 1.35 bits per heavy atom. The second-order valence-corrected chi connectivity index (χ2v) is 5.81. The molecule has 20 heavy (non-hydrogen) atoms. The van der Waals surface area contributed by atoms with Gasteiger partial charge in [-0.25, -0.2) is 15.8 Å². The summed E-state index contributed by atoms with van der Waals surface area (Å²) in [5, 5.41) is 0. The van der Waals surface area contributed by atoms with E-state index in [9.17, 15) is 0 Å². The van der Waals surface area contributed by atoms with E-state index in [0.717, 1.165) is 43.6 Å². The third-order valence-electron chi connectivity index (χ3n) is 4.32. The van der Waals surface area contributed by atoms with Crippen molar-refractivity contribution in [2.24, 2.45) is 5.84 Å². The quantitative estimate of drug-likeness (QED) is 0.635. The maximum Gasteiger partial charge on any atom is 0.145 e. The van der Waals surface area contributed by atoms with Crippen LogP contribution in [0.2, 0.25) is 0 Å². The minimum atomic E-state index is 0.538. The molecule has 0 radical (unpaired) electrons. The van der Waals surface area contributed by atoms with Gasteiger partial charge in [0, 0.05) is 37.7 Å². The van der Waals surface area contributed by atoms with E-state index in [1.54, 1.807) is 0 Å². The van der Waals surface area contributed by atoms with Crippen LogP contribution < -0.4 is 16.2 Å². The van der Waals surface area contributed by atoms with Crippen LogP contribution in [0.15, 0.2) is 6.07 Å². The van der Waals surface area contributed by atoms with Crippen molar-refractivity contribution in [1.29, 1.82) is 0 Å². The Morgan fingerprint density at radius 3 is 2.75 bits per heavy atom. The molecule has 110 valence electrons. The Balaban J connectivity index is 1.80. The molecule has 6 heteroatoms. The number of anilines is 2. The first-order valence-electron chi connectivity index (χ1n) is 7.56. The third-order valence-corrected chi connectivity index (χ3v) is 4.32. The number of piperazine rings is 1. The highest BCUT2D eigenvalue weighted by molar-refractivity contribution is 5.50. The molecule has 1 unspecified atom stereocenters. The van der Waals surface area contributed by atoms with Gasteiger partial charge in [0.15, 0.2) is 0 Å². The lowest BCUT2D eigenvalue weighted by Crippen LogP contribution is -2.52. The molecule has 2 aliphatic rings. The van der Waals surface area contributed by atoms with E-state index in [2.05, 4.69) is 34.1 Å². The summed E-state index contributed by atoms with van der Waals surface area (Å²) in [7, 11) is 0. The van der Waals surface area contributed by atoms with Crippen LogP contribution in [-0.2, 0) is 0 Å². The number of rotatable bonds is 4. The second-order valence-electron chi connectivity index (χ2n) is 5.81. The Morgan fingerprint density at radius 2 is 2.15 bits per heavy atom. The standard InChI is InChI=1S/C14H24N6/c1-3-19-6-7-20(9-10(19)2)13-8-12(18-15)16-14(17-13)11-4-5-11/h8,10-11H,3-7,9,15H2,1-2H3,(H,16,17,18). The van der Waals surface area contributed by atoms with Gasteiger partial charge in [-0.05, 0) is 26.3 Å². The van der Waals surface area contributed by atoms with Gasteiger partial charge < -0.3 is 10.3 Å². The fraction of sp³-hybridized carbons (Fsp3) is 0.714. The van der Waals surface area contributed by atoms with Crippen molar-refractivity contribution in [2.45, 2.75) is 38.6 Å². The van der Waals surface area contributed by atoms with Crippen molar-refractivity contribution >= 4 is 11.6 Å². The molecule has 1 saturated carbocycles. The van der Waals surface area contributed by atoms with Crippen molar-refractivity contribution in [3.05, 3.63) is 11.9 Å². The number of nitrogens with zero attached hydrogens (tertiary/aromatic N) is 4. The number of aromatic nitrogens is 2. The normalized spacial score (nSPS) is 23.9. The van der Waals surface area contributed by atoms with Crippen molar-refractivity contribution in [2.75, 3.05) is 36.5 Å². The molecule has 6 nitrogen and oxygen atoms in total. The van der Waals surface area contributed by atoms with Crippen LogP contribution in [0, 0.1) is 0 Å². The fourth-order valence-corrected chi connectivity index (χ4v) is 2.89. The smallest absolute Gasteiger partial charge is 0.145 e. The summed E-state index contributed by atoms with van der Waals surface area (Å²) in [6.07, 6.45) is 2.40. The van der Waals surface area contributed by atoms with E-state index in [1.165, 1.54) is 12.8 Å². The van der Waals surface area contributed by atoms with E-state index < -0.39 is 0 Å². The van der Waals surface area contributed by atoms with E-state index in [4.69, 9.17) is 10.8 Å². The van der Waals surface area contributed by atoms with Crippen LogP contribution in [0.3, 0.4) is 0 Å². The lowest BCUT2D eigenvalue weighted by molar-refractivity contribution is 0.199. The van der Waals surface area contributed by atoms with Gasteiger partial charge in [0.05, 0.1) is 0 Å². The summed E-state index contributed by atoms with van der Waals surface area (Å²) in [4.78, 5) is 14.1. The van der Waals surface area contributed by atoms with Crippen molar-refractivity contribution in [3.63, 3.8) is 0 Å². The van der Waals surface area contributed by atoms with Crippen molar-refractivity contribution in [1.82, 2.24) is 14.9 Å². The highest BCUT2D eigenvalue weighted by Gasteiger charge is 2.29. The number of hydrazine groups is 1. The molecule has 3 rings (SSSR count). The predicted molar refractivity (Wildman–Crippen MR) is 80.7 cm³/mol. The number of hydrogen-bond acceptors (Lipinski definition) is 6. The number of nitrogens with one attached hydrogen (secondary N) is 1. The number of nitrogen functional groups attached to an aromatic ring is 1. The van der Waals surface area contributed by atoms with Gasteiger partial charge in [0.25, 0.3) is 0 Å². The van der Waals surface area contributed by atoms with Crippen LogP contribution in [0.5, 0.6) is 0 Å². The molecule has 0 bridgehead atoms. The zero-order chi connectivity index (χ0) is 14.1. The van der Waals surface area contributed by atoms with E-state index in [1.807, 2.05) is 6.07 Å². The minimum absolute atomic E-state index is 0.538. The highest BCUT2D eigenvalue weighted by atomic mass is 15.3. The molecule has 1 aromatic rings. The number of likely N-dealkylation sites (N-methyl/N-ethyl adjacent to an activating group) is 1. The maximum atomic E-state index is 5.54. The van der Waals surface area contributed by atoms with E-state index in [0.29, 0.717) is 12.0 Å². The zero-order valence-electron chi connectivity index (χ0n) is 12.3. The van der Waals surface area contributed by atoms with Crippen molar-refractivity contribution < 1.29 is 0 Å². The van der Waals surface area contributed by atoms with Gasteiger partial charge in [0.1, 0.15) is 17.5 Å². The zero-order valence-corrected chi connectivity index (χ0v) is 12.3. The molecule has 2 fully saturated rings. The van der Waals surface area contributed by atoms with Gasteiger partial charge in [-0.2, -0.15) is 0 Å². The predicted octanol–water partition coefficient (Wildman–Crippen LogP) is 1.17. The minimum Gasteiger partial charge on any atom is -0.354 e. The summed E-state index contributed by atoms with van der Waals surface area (Å²) in [6.45, 7) is 8.73. The molecule has 0 spiro atoms. The lowest BCUT2D eigenvalue weighted by Gasteiger charge is -2.40. The summed E-state index contributed by atoms with van der Waals surface area (Å²) < 4.78 is 0. The van der Waals surface area contributed by atoms with Gasteiger partial charge >= 0.3 is 0 Å². The first-order chi connectivity index (χ1) is 9.71. The van der Waals surface area contributed by atoms with Crippen LogP contribution in [0.1, 0.15) is 38.4 Å². The monoisotopic (exact) mass is 276 g/mol. The first-order valence-corrected chi connectivity index (χ1v) is 7.56. The Bertz CT molecular complexity index is 473. The van der Waals surface area contributed by atoms with Gasteiger partial charge in [-0.3, -0.25) is 4.90 Å². The second kappa shape index (κ2) is 5.54. The van der Waals surface area contributed by atoms with Crippen LogP contribution in [-0.4, -0.2) is 47.1 Å². The van der Waals surface area contributed by atoms with Crippen LogP contribution >= 0.6 is 0 Å². The highest BCUT2D eigenvalue weighted by Crippen LogP contribution is 2.39. The lowest BCUT2D eigenvalue weighted by atomic mass is 10.2. The molecule has 1 aromatic heterocycles. The molecule has 1 saturated heterocycles. The molecule has 0 amide bonds. The SMILES string of the molecule is CCN1CCN(c2cc(NN)nc(C3CC3)n2)CC1C. The number of nitrogens with two attached hydrogens (primary N) is 1. The summed E-state index contributed by atoms with van der Waals surface area (Å²) >= 11 is 0. The Kier molecular flexibility index (Phi) is 3.76. The molecule has 2 heterocycles. The average Bonchev–Trinajstić information content (AvgIpc) is 3.31. The van der Waals surface area contributed by atoms with E-state index in [-0.39, 0.29) is 0 Å². The first kappa shape index (κ1) is 13.6. The fourth-order valence-electron chi connectivity index (χ4n) is 2.89.